The van der Waals surface area contributed by atoms with E-state index in [1.807, 2.05) is 34.9 Å². The number of anilines is 1. The van der Waals surface area contributed by atoms with Gasteiger partial charge in [-0.2, -0.15) is 0 Å². The molecule has 2 unspecified atom stereocenters. The third kappa shape index (κ3) is 4.85. The molecule has 9 nitrogen and oxygen atoms in total. The van der Waals surface area contributed by atoms with Crippen LogP contribution in [0.15, 0.2) is 41.7 Å². The number of aliphatic hydroxyl groups excluding tert-OH is 1. The van der Waals surface area contributed by atoms with Crippen molar-refractivity contribution < 1.29 is 19.8 Å². The minimum absolute atomic E-state index is 0.220. The monoisotopic (exact) mass is 413 g/mol. The number of aliphatic imine (C=N–C) groups is 1. The summed E-state index contributed by atoms with van der Waals surface area (Å²) in [5.74, 6) is -0.938. The number of carboxylic acids is 1. The fourth-order valence-electron chi connectivity index (χ4n) is 3.37. The van der Waals surface area contributed by atoms with Crippen molar-refractivity contribution in [3.05, 3.63) is 47.9 Å². The van der Waals surface area contributed by atoms with Crippen LogP contribution in [0.3, 0.4) is 0 Å². The van der Waals surface area contributed by atoms with Crippen LogP contribution in [0.5, 0.6) is 0 Å². The van der Waals surface area contributed by atoms with E-state index in [9.17, 15) is 19.8 Å². The van der Waals surface area contributed by atoms with Crippen LogP contribution in [0.1, 0.15) is 43.5 Å². The number of hydrogen-bond acceptors (Lipinski definition) is 6. The van der Waals surface area contributed by atoms with Gasteiger partial charge in [0, 0.05) is 13.1 Å². The Kier molecular flexibility index (Phi) is 6.83. The molecule has 2 heterocycles. The Morgan fingerprint density at radius 2 is 2.07 bits per heavy atom. The number of nitrogens with zero attached hydrogens (tertiary/aromatic N) is 3. The number of amides is 1. The van der Waals surface area contributed by atoms with Gasteiger partial charge in [0.15, 0.2) is 0 Å². The van der Waals surface area contributed by atoms with Gasteiger partial charge in [0.25, 0.3) is 0 Å². The van der Waals surface area contributed by atoms with E-state index in [0.29, 0.717) is 37.4 Å². The largest absolute Gasteiger partial charge is 0.480 e. The molecule has 0 aliphatic carbocycles. The maximum Gasteiger partial charge on any atom is 0.318 e. The summed E-state index contributed by atoms with van der Waals surface area (Å²) >= 11 is 0. The quantitative estimate of drug-likeness (QED) is 0.367. The van der Waals surface area contributed by atoms with Gasteiger partial charge in [-0.1, -0.05) is 36.8 Å². The second-order valence-corrected chi connectivity index (χ2v) is 7.59. The van der Waals surface area contributed by atoms with E-state index in [1.54, 1.807) is 6.33 Å². The van der Waals surface area contributed by atoms with E-state index >= 15 is 0 Å². The normalized spacial score (nSPS) is 17.3. The number of fused-ring (bicyclic) bond motifs is 1. The lowest BCUT2D eigenvalue weighted by Gasteiger charge is -2.24. The number of rotatable bonds is 9. The first kappa shape index (κ1) is 21.5. The van der Waals surface area contributed by atoms with Gasteiger partial charge in [0.1, 0.15) is 23.0 Å². The first-order valence-corrected chi connectivity index (χ1v) is 9.95. The number of aromatic nitrogens is 2. The number of imidazole rings is 1. The Labute approximate surface area is 174 Å². The van der Waals surface area contributed by atoms with E-state index in [0.717, 1.165) is 5.56 Å². The van der Waals surface area contributed by atoms with Crippen LogP contribution < -0.4 is 10.6 Å². The minimum atomic E-state index is -1.50. The van der Waals surface area contributed by atoms with Crippen LogP contribution in [0.25, 0.3) is 0 Å². The van der Waals surface area contributed by atoms with E-state index in [1.165, 1.54) is 13.3 Å². The highest BCUT2D eigenvalue weighted by molar-refractivity contribution is 6.01. The van der Waals surface area contributed by atoms with Crippen molar-refractivity contribution in [2.45, 2.75) is 45.4 Å². The number of nitrogens with one attached hydrogen (secondary N) is 2. The summed E-state index contributed by atoms with van der Waals surface area (Å²) in [5.41, 5.74) is -0.0392. The summed E-state index contributed by atoms with van der Waals surface area (Å²) in [5, 5.41) is 25.5. The number of aliphatic hydroxyl groups is 1. The third-order valence-electron chi connectivity index (χ3n) is 5.35. The molecule has 1 aliphatic heterocycles. The van der Waals surface area contributed by atoms with Gasteiger partial charge in [-0.05, 0) is 25.3 Å². The summed E-state index contributed by atoms with van der Waals surface area (Å²) in [6.45, 7) is 2.59. The number of carbonyl (C=O) groups is 2. The average Bonchev–Trinajstić information content (AvgIpc) is 3.06. The van der Waals surface area contributed by atoms with Crippen LogP contribution in [0.4, 0.5) is 5.82 Å². The molecule has 1 aliphatic rings. The lowest BCUT2D eigenvalue weighted by atomic mass is 9.83. The van der Waals surface area contributed by atoms with Crippen LogP contribution >= 0.6 is 0 Å². The molecule has 2 aromatic rings. The molecule has 1 aromatic heterocycles. The number of carboxylic acid groups (broad SMARTS) is 1. The van der Waals surface area contributed by atoms with E-state index in [2.05, 4.69) is 20.6 Å². The highest BCUT2D eigenvalue weighted by Crippen LogP contribution is 2.27. The lowest BCUT2D eigenvalue weighted by molar-refractivity contribution is -0.155. The van der Waals surface area contributed by atoms with Gasteiger partial charge in [-0.25, -0.2) is 4.98 Å². The Balaban J connectivity index is 1.54. The molecule has 30 heavy (non-hydrogen) atoms. The van der Waals surface area contributed by atoms with Crippen LogP contribution in [0, 0.1) is 5.41 Å². The van der Waals surface area contributed by atoms with Crippen molar-refractivity contribution in [2.24, 2.45) is 10.4 Å². The molecule has 1 amide bonds. The number of benzene rings is 1. The second-order valence-electron chi connectivity index (χ2n) is 7.59. The molecule has 1 aromatic carbocycles. The van der Waals surface area contributed by atoms with Crippen molar-refractivity contribution in [3.63, 3.8) is 0 Å². The third-order valence-corrected chi connectivity index (χ3v) is 5.35. The number of unbranched alkanes of at least 4 members (excludes halogenated alkanes) is 1. The molecule has 160 valence electrons. The molecule has 4 N–H and O–H groups in total. The average molecular weight is 413 g/mol. The highest BCUT2D eigenvalue weighted by Gasteiger charge is 2.40. The summed E-state index contributed by atoms with van der Waals surface area (Å²) in [4.78, 5) is 32.7. The van der Waals surface area contributed by atoms with Gasteiger partial charge >= 0.3 is 5.97 Å². The van der Waals surface area contributed by atoms with Crippen molar-refractivity contribution in [1.29, 1.82) is 0 Å². The van der Waals surface area contributed by atoms with E-state index < -0.39 is 23.4 Å². The maximum atomic E-state index is 12.6. The summed E-state index contributed by atoms with van der Waals surface area (Å²) in [7, 11) is 0. The minimum Gasteiger partial charge on any atom is -0.480 e. The van der Waals surface area contributed by atoms with E-state index in [-0.39, 0.29) is 13.0 Å². The van der Waals surface area contributed by atoms with Crippen LogP contribution in [0.2, 0.25) is 0 Å². The topological polar surface area (TPSA) is 129 Å². The zero-order valence-electron chi connectivity index (χ0n) is 16.9. The highest BCUT2D eigenvalue weighted by atomic mass is 16.4. The van der Waals surface area contributed by atoms with E-state index in [4.69, 9.17) is 0 Å². The number of hydrogen-bond donors (Lipinski definition) is 4. The molecular weight excluding hydrogens is 386 g/mol. The molecule has 3 rings (SSSR count). The van der Waals surface area contributed by atoms with Gasteiger partial charge in [0.2, 0.25) is 5.91 Å². The predicted molar refractivity (Wildman–Crippen MR) is 112 cm³/mol. The van der Waals surface area contributed by atoms with Gasteiger partial charge in [-0.15, -0.1) is 0 Å². The van der Waals surface area contributed by atoms with Crippen LogP contribution in [-0.4, -0.2) is 44.5 Å². The lowest BCUT2D eigenvalue weighted by Crippen LogP contribution is -2.44. The van der Waals surface area contributed by atoms with Crippen molar-refractivity contribution in [3.8, 4) is 0 Å². The Morgan fingerprint density at radius 3 is 2.80 bits per heavy atom. The molecular formula is C21H27N5O4. The SMILES string of the molecule is CC(CCCCn1cnc2c1NC=NCC2O)(C(=O)O)C(=O)NCc1ccccc1. The number of aliphatic carboxylic acids is 1. The van der Waals surface area contributed by atoms with Gasteiger partial charge in [0.05, 0.1) is 19.2 Å². The Morgan fingerprint density at radius 1 is 1.30 bits per heavy atom. The fraction of sp³-hybridized carbons (Fsp3) is 0.429. The summed E-state index contributed by atoms with van der Waals surface area (Å²) < 4.78 is 1.86. The Bertz CT molecular complexity index is 911. The summed E-state index contributed by atoms with van der Waals surface area (Å²) in [6.07, 6.45) is 3.85. The summed E-state index contributed by atoms with van der Waals surface area (Å²) in [6, 6.07) is 9.38. The standard InChI is InChI=1S/C21H27N5O4/c1-21(20(29)30,19(28)23-11-15-7-3-2-4-8-15)9-5-6-10-26-14-25-17-16(27)12-22-13-24-18(17)26/h2-4,7-8,13-14,16,27H,5-6,9-12H2,1H3,(H,22,24)(H,23,28)(H,29,30). The van der Waals surface area contributed by atoms with Crippen molar-refractivity contribution >= 4 is 24.0 Å². The Hall–Kier alpha value is -3.20. The number of aryl methyl sites for hydroxylation is 1. The maximum absolute atomic E-state index is 12.6. The molecule has 0 fully saturated rings. The van der Waals surface area contributed by atoms with Crippen LogP contribution in [-0.2, 0) is 22.7 Å². The predicted octanol–water partition coefficient (Wildman–Crippen LogP) is 1.95. The van der Waals surface area contributed by atoms with Gasteiger partial charge in [-0.3, -0.25) is 14.6 Å². The number of carbonyl (C=O) groups excluding carboxylic acids is 1. The molecule has 0 saturated carbocycles. The van der Waals surface area contributed by atoms with Crippen molar-refractivity contribution in [2.75, 3.05) is 11.9 Å². The molecule has 2 atom stereocenters. The molecule has 0 spiro atoms. The van der Waals surface area contributed by atoms with Crippen molar-refractivity contribution in [1.82, 2.24) is 14.9 Å². The molecule has 0 radical (unpaired) electrons. The fourth-order valence-corrected chi connectivity index (χ4v) is 3.37. The second kappa shape index (κ2) is 9.53. The molecule has 9 heteroatoms. The zero-order chi connectivity index (χ0) is 21.6. The molecule has 0 bridgehead atoms. The zero-order valence-corrected chi connectivity index (χ0v) is 16.9. The molecule has 0 saturated heterocycles. The first-order valence-electron chi connectivity index (χ1n) is 9.95. The smallest absolute Gasteiger partial charge is 0.318 e. The van der Waals surface area contributed by atoms with Gasteiger partial charge < -0.3 is 25.4 Å². The first-order chi connectivity index (χ1) is 14.4.